The van der Waals surface area contributed by atoms with Crippen molar-refractivity contribution in [2.45, 2.75) is 13.5 Å². The fraction of sp³-hybridized carbons (Fsp3) is 0.333. The molecule has 1 fully saturated rings. The number of rotatable bonds is 4. The van der Waals surface area contributed by atoms with Gasteiger partial charge >= 0.3 is 5.69 Å². The number of para-hydroxylation sites is 1. The predicted octanol–water partition coefficient (Wildman–Crippen LogP) is 2.93. The van der Waals surface area contributed by atoms with Crippen LogP contribution in [-0.2, 0) is 6.54 Å². The monoisotopic (exact) mass is 327 g/mol. The summed E-state index contributed by atoms with van der Waals surface area (Å²) >= 11 is 0. The maximum atomic E-state index is 10.9. The zero-order chi connectivity index (χ0) is 17.1. The van der Waals surface area contributed by atoms with Gasteiger partial charge in [-0.2, -0.15) is 0 Å². The van der Waals surface area contributed by atoms with Gasteiger partial charge in [0.25, 0.3) is 0 Å². The van der Waals surface area contributed by atoms with Crippen LogP contribution in [-0.4, -0.2) is 41.1 Å². The molecule has 3 rings (SSSR count). The fourth-order valence-electron chi connectivity index (χ4n) is 3.14. The Hall–Kier alpha value is -2.60. The highest BCUT2D eigenvalue weighted by Gasteiger charge is 2.20. The van der Waals surface area contributed by atoms with E-state index in [2.05, 4.69) is 34.9 Å². The summed E-state index contributed by atoms with van der Waals surface area (Å²) in [6.07, 6.45) is 0. The number of nitro benzene ring substituents is 1. The molecule has 1 heterocycles. The number of phenolic OH excluding ortho intramolecular Hbond substituents is 1. The first-order valence-electron chi connectivity index (χ1n) is 8.04. The number of nitro groups is 1. The molecule has 6 nitrogen and oxygen atoms in total. The van der Waals surface area contributed by atoms with E-state index >= 15 is 0 Å². The third kappa shape index (κ3) is 3.49. The van der Waals surface area contributed by atoms with E-state index in [-0.39, 0.29) is 11.4 Å². The number of benzene rings is 2. The Bertz CT molecular complexity index is 740. The second-order valence-corrected chi connectivity index (χ2v) is 6.13. The van der Waals surface area contributed by atoms with Crippen LogP contribution in [0.2, 0.25) is 0 Å². The largest absolute Gasteiger partial charge is 0.502 e. The van der Waals surface area contributed by atoms with Crippen molar-refractivity contribution in [1.29, 1.82) is 0 Å². The van der Waals surface area contributed by atoms with E-state index in [9.17, 15) is 15.2 Å². The van der Waals surface area contributed by atoms with Crippen LogP contribution in [0.15, 0.2) is 42.5 Å². The van der Waals surface area contributed by atoms with Gasteiger partial charge in [-0.05, 0) is 30.2 Å². The van der Waals surface area contributed by atoms with E-state index in [1.165, 1.54) is 23.4 Å². The molecule has 0 atom stereocenters. The van der Waals surface area contributed by atoms with Gasteiger partial charge in [-0.1, -0.05) is 24.3 Å². The maximum absolute atomic E-state index is 10.9. The topological polar surface area (TPSA) is 69.8 Å². The molecule has 0 amide bonds. The minimum Gasteiger partial charge on any atom is -0.502 e. The van der Waals surface area contributed by atoms with Crippen LogP contribution < -0.4 is 4.90 Å². The van der Waals surface area contributed by atoms with Gasteiger partial charge in [-0.3, -0.25) is 15.0 Å². The summed E-state index contributed by atoms with van der Waals surface area (Å²) in [5, 5.41) is 20.5. The smallest absolute Gasteiger partial charge is 0.311 e. The number of hydrogen-bond acceptors (Lipinski definition) is 5. The number of aromatic hydroxyl groups is 1. The molecular weight excluding hydrogens is 306 g/mol. The van der Waals surface area contributed by atoms with Gasteiger partial charge < -0.3 is 10.0 Å². The third-order valence-corrected chi connectivity index (χ3v) is 4.47. The van der Waals surface area contributed by atoms with Crippen molar-refractivity contribution in [3.8, 4) is 5.75 Å². The molecule has 6 heteroatoms. The van der Waals surface area contributed by atoms with Crippen molar-refractivity contribution in [3.63, 3.8) is 0 Å². The molecule has 0 aliphatic carbocycles. The Morgan fingerprint density at radius 2 is 1.83 bits per heavy atom. The first-order chi connectivity index (χ1) is 11.5. The SMILES string of the molecule is Cc1ccccc1N1CCN(Cc2ccc(O)c([N+](=O)[O-])c2)CC1. The van der Waals surface area contributed by atoms with E-state index in [1.54, 1.807) is 6.07 Å². The van der Waals surface area contributed by atoms with Crippen LogP contribution in [0.25, 0.3) is 0 Å². The lowest BCUT2D eigenvalue weighted by molar-refractivity contribution is -0.385. The van der Waals surface area contributed by atoms with E-state index in [0.717, 1.165) is 31.7 Å². The lowest BCUT2D eigenvalue weighted by atomic mass is 10.1. The molecule has 2 aromatic carbocycles. The summed E-state index contributed by atoms with van der Waals surface area (Å²) in [4.78, 5) is 15.0. The lowest BCUT2D eigenvalue weighted by Gasteiger charge is -2.36. The Morgan fingerprint density at radius 3 is 2.50 bits per heavy atom. The van der Waals surface area contributed by atoms with Gasteiger partial charge in [0.15, 0.2) is 5.75 Å². The molecule has 0 saturated carbocycles. The Morgan fingerprint density at radius 1 is 1.12 bits per heavy atom. The molecule has 1 aliphatic rings. The molecule has 126 valence electrons. The first kappa shape index (κ1) is 16.3. The average molecular weight is 327 g/mol. The maximum Gasteiger partial charge on any atom is 0.311 e. The standard InChI is InChI=1S/C18H21N3O3/c1-14-4-2-3-5-16(14)20-10-8-19(9-11-20)13-15-6-7-18(22)17(12-15)21(23)24/h2-7,12,22H,8-11,13H2,1H3. The zero-order valence-corrected chi connectivity index (χ0v) is 13.7. The highest BCUT2D eigenvalue weighted by molar-refractivity contribution is 5.53. The minimum atomic E-state index is -0.547. The van der Waals surface area contributed by atoms with Crippen molar-refractivity contribution >= 4 is 11.4 Å². The van der Waals surface area contributed by atoms with Gasteiger partial charge in [0, 0.05) is 44.5 Å². The van der Waals surface area contributed by atoms with Crippen molar-refractivity contribution in [2.24, 2.45) is 0 Å². The normalized spacial score (nSPS) is 15.5. The van der Waals surface area contributed by atoms with Crippen molar-refractivity contribution in [2.75, 3.05) is 31.1 Å². The van der Waals surface area contributed by atoms with Gasteiger partial charge in [0.2, 0.25) is 0 Å². The third-order valence-electron chi connectivity index (χ3n) is 4.47. The van der Waals surface area contributed by atoms with Gasteiger partial charge in [-0.15, -0.1) is 0 Å². The zero-order valence-electron chi connectivity index (χ0n) is 13.7. The number of nitrogens with zero attached hydrogens (tertiary/aromatic N) is 3. The first-order valence-corrected chi connectivity index (χ1v) is 8.04. The quantitative estimate of drug-likeness (QED) is 0.690. The highest BCUT2D eigenvalue weighted by Crippen LogP contribution is 2.27. The second kappa shape index (κ2) is 6.88. The molecule has 0 spiro atoms. The predicted molar refractivity (Wildman–Crippen MR) is 93.4 cm³/mol. The van der Waals surface area contributed by atoms with Crippen molar-refractivity contribution < 1.29 is 10.0 Å². The van der Waals surface area contributed by atoms with Gasteiger partial charge in [0.05, 0.1) is 4.92 Å². The molecular formula is C18H21N3O3. The summed E-state index contributed by atoms with van der Waals surface area (Å²) in [6.45, 7) is 6.46. The van der Waals surface area contributed by atoms with Crippen molar-refractivity contribution in [1.82, 2.24) is 4.90 Å². The van der Waals surface area contributed by atoms with E-state index in [4.69, 9.17) is 0 Å². The summed E-state index contributed by atoms with van der Waals surface area (Å²) in [6, 6.07) is 13.0. The van der Waals surface area contributed by atoms with E-state index < -0.39 is 4.92 Å². The second-order valence-electron chi connectivity index (χ2n) is 6.13. The van der Waals surface area contributed by atoms with Crippen LogP contribution in [0, 0.1) is 17.0 Å². The highest BCUT2D eigenvalue weighted by atomic mass is 16.6. The summed E-state index contributed by atoms with van der Waals surface area (Å²) in [5.74, 6) is -0.284. The van der Waals surface area contributed by atoms with Gasteiger partial charge in [0.1, 0.15) is 0 Å². The number of aryl methyl sites for hydroxylation is 1. The Labute approximate surface area is 141 Å². The molecule has 24 heavy (non-hydrogen) atoms. The minimum absolute atomic E-state index is 0.231. The Kier molecular flexibility index (Phi) is 4.66. The average Bonchev–Trinajstić information content (AvgIpc) is 2.58. The molecule has 0 radical (unpaired) electrons. The van der Waals surface area contributed by atoms with Gasteiger partial charge in [-0.25, -0.2) is 0 Å². The van der Waals surface area contributed by atoms with Crippen molar-refractivity contribution in [3.05, 3.63) is 63.7 Å². The molecule has 1 aliphatic heterocycles. The molecule has 0 unspecified atom stereocenters. The van der Waals surface area contributed by atoms with Crippen LogP contribution >= 0.6 is 0 Å². The molecule has 1 N–H and O–H groups in total. The van der Waals surface area contributed by atoms with E-state index in [1.807, 2.05) is 6.07 Å². The molecule has 1 saturated heterocycles. The molecule has 0 aromatic heterocycles. The Balaban J connectivity index is 1.63. The number of phenols is 1. The summed E-state index contributed by atoms with van der Waals surface area (Å²) in [7, 11) is 0. The van der Waals surface area contributed by atoms with E-state index in [0.29, 0.717) is 6.54 Å². The number of anilines is 1. The summed E-state index contributed by atoms with van der Waals surface area (Å²) in [5.41, 5.74) is 3.17. The molecule has 0 bridgehead atoms. The molecule has 2 aromatic rings. The van der Waals surface area contributed by atoms with Crippen LogP contribution in [0.4, 0.5) is 11.4 Å². The van der Waals surface area contributed by atoms with Crippen LogP contribution in [0.3, 0.4) is 0 Å². The van der Waals surface area contributed by atoms with Crippen LogP contribution in [0.1, 0.15) is 11.1 Å². The summed E-state index contributed by atoms with van der Waals surface area (Å²) < 4.78 is 0. The van der Waals surface area contributed by atoms with Crippen LogP contribution in [0.5, 0.6) is 5.75 Å². The lowest BCUT2D eigenvalue weighted by Crippen LogP contribution is -2.46. The fourth-order valence-corrected chi connectivity index (χ4v) is 3.14. The number of hydrogen-bond donors (Lipinski definition) is 1. The number of piperazine rings is 1.